The molecule has 1 aromatic heterocycles. The second-order valence-corrected chi connectivity index (χ2v) is 4.77. The molecule has 0 amide bonds. The van der Waals surface area contributed by atoms with Crippen LogP contribution in [0.4, 0.5) is 17.3 Å². The van der Waals surface area contributed by atoms with Crippen LogP contribution in [0.5, 0.6) is 0 Å². The second kappa shape index (κ2) is 3.95. The number of anilines is 2. The molecule has 1 aliphatic heterocycles. The Hall–Kier alpha value is -2.15. The Morgan fingerprint density at radius 1 is 1.39 bits per heavy atom. The molecule has 0 aliphatic carbocycles. The van der Waals surface area contributed by atoms with Gasteiger partial charge in [-0.2, -0.15) is 0 Å². The third-order valence-corrected chi connectivity index (χ3v) is 3.68. The van der Waals surface area contributed by atoms with Crippen LogP contribution >= 0.6 is 11.8 Å². The quantitative estimate of drug-likeness (QED) is 0.579. The molecule has 0 unspecified atom stereocenters. The Labute approximate surface area is 107 Å². The number of rotatable bonds is 1. The summed E-state index contributed by atoms with van der Waals surface area (Å²) in [5, 5.41) is 11.3. The van der Waals surface area contributed by atoms with Gasteiger partial charge in [-0.1, -0.05) is 12.1 Å². The van der Waals surface area contributed by atoms with E-state index in [1.165, 1.54) is 18.0 Å². The maximum atomic E-state index is 10.7. The van der Waals surface area contributed by atoms with Crippen LogP contribution in [0, 0.1) is 10.1 Å². The van der Waals surface area contributed by atoms with Gasteiger partial charge < -0.3 is 15.0 Å². The molecule has 1 aromatic carbocycles. The minimum absolute atomic E-state index is 0.228. The molecule has 3 rings (SSSR count). The maximum Gasteiger partial charge on any atom is 0.383 e. The highest BCUT2D eigenvalue weighted by molar-refractivity contribution is 7.99. The average molecular weight is 260 g/mol. The molecule has 0 N–H and O–H groups in total. The van der Waals surface area contributed by atoms with Crippen molar-refractivity contribution in [3.05, 3.63) is 40.6 Å². The lowest BCUT2D eigenvalue weighted by Crippen LogP contribution is -2.17. The zero-order valence-electron chi connectivity index (χ0n) is 9.40. The van der Waals surface area contributed by atoms with Gasteiger partial charge in [0.15, 0.2) is 5.82 Å². The van der Waals surface area contributed by atoms with Crippen LogP contribution in [0.15, 0.2) is 40.4 Å². The lowest BCUT2D eigenvalue weighted by molar-refractivity contribution is -0.390. The van der Waals surface area contributed by atoms with Crippen molar-refractivity contribution in [2.45, 2.75) is 9.92 Å². The third kappa shape index (κ3) is 1.60. The summed E-state index contributed by atoms with van der Waals surface area (Å²) >= 11 is 1.40. The summed E-state index contributed by atoms with van der Waals surface area (Å²) in [5.41, 5.74) is 1.03. The monoisotopic (exact) mass is 260 g/mol. The lowest BCUT2D eigenvalue weighted by Gasteiger charge is -2.25. The number of benzene rings is 1. The van der Waals surface area contributed by atoms with Crippen LogP contribution in [0.3, 0.4) is 0 Å². The van der Waals surface area contributed by atoms with Gasteiger partial charge in [-0.15, -0.1) is 0 Å². The van der Waals surface area contributed by atoms with Crippen molar-refractivity contribution in [2.75, 3.05) is 11.9 Å². The van der Waals surface area contributed by atoms with Crippen molar-refractivity contribution >= 4 is 29.1 Å². The number of aromatic nitrogens is 2. The van der Waals surface area contributed by atoms with E-state index in [0.29, 0.717) is 10.8 Å². The molecule has 0 saturated heterocycles. The van der Waals surface area contributed by atoms with Crippen molar-refractivity contribution in [1.82, 2.24) is 9.97 Å². The number of nitrogens with zero attached hydrogens (tertiary/aromatic N) is 4. The van der Waals surface area contributed by atoms with Crippen molar-refractivity contribution < 1.29 is 4.92 Å². The summed E-state index contributed by atoms with van der Waals surface area (Å²) < 4.78 is 0. The number of para-hydroxylation sites is 1. The van der Waals surface area contributed by atoms with Crippen molar-refractivity contribution in [3.63, 3.8) is 0 Å². The summed E-state index contributed by atoms with van der Waals surface area (Å²) in [5.74, 6) is 0.415. The Morgan fingerprint density at radius 3 is 2.94 bits per heavy atom. The van der Waals surface area contributed by atoms with Gasteiger partial charge in [0.2, 0.25) is 0 Å². The summed E-state index contributed by atoms with van der Waals surface area (Å²) in [6.07, 6.45) is 1.18. The van der Waals surface area contributed by atoms with Crippen LogP contribution in [0.2, 0.25) is 0 Å². The van der Waals surface area contributed by atoms with Crippen molar-refractivity contribution in [2.24, 2.45) is 0 Å². The molecule has 0 atom stereocenters. The highest BCUT2D eigenvalue weighted by Crippen LogP contribution is 2.45. The molecule has 0 spiro atoms. The fraction of sp³-hybridized carbons (Fsp3) is 0.0909. The fourth-order valence-electron chi connectivity index (χ4n) is 1.78. The molecule has 2 heterocycles. The first-order valence-electron chi connectivity index (χ1n) is 5.19. The van der Waals surface area contributed by atoms with E-state index < -0.39 is 4.92 Å². The molecule has 1 aliphatic rings. The minimum atomic E-state index is -0.533. The van der Waals surface area contributed by atoms with Gasteiger partial charge >= 0.3 is 5.82 Å². The van der Waals surface area contributed by atoms with E-state index in [0.717, 1.165) is 10.6 Å². The van der Waals surface area contributed by atoms with E-state index in [1.54, 1.807) is 0 Å². The predicted molar refractivity (Wildman–Crippen MR) is 67.3 cm³/mol. The Kier molecular flexibility index (Phi) is 2.41. The summed E-state index contributed by atoms with van der Waals surface area (Å²) in [7, 11) is 1.87. The number of hydrogen-bond acceptors (Lipinski definition) is 6. The molecule has 18 heavy (non-hydrogen) atoms. The Balaban J connectivity index is 2.13. The standard InChI is InChI=1S/C11H8N4O2S/c1-14-7-4-2-3-5-8(7)18-11-10(14)12-6-9(13-11)15(16)17/h2-6H,1H3. The van der Waals surface area contributed by atoms with Gasteiger partial charge in [0, 0.05) is 11.9 Å². The molecule has 0 fully saturated rings. The molecule has 7 heteroatoms. The smallest absolute Gasteiger partial charge is 0.358 e. The topological polar surface area (TPSA) is 72.2 Å². The highest BCUT2D eigenvalue weighted by Gasteiger charge is 2.27. The number of fused-ring (bicyclic) bond motifs is 2. The first kappa shape index (κ1) is 11.0. The zero-order valence-corrected chi connectivity index (χ0v) is 10.2. The fourth-order valence-corrected chi connectivity index (χ4v) is 2.87. The normalized spacial score (nSPS) is 12.8. The third-order valence-electron chi connectivity index (χ3n) is 2.65. The van der Waals surface area contributed by atoms with Crippen LogP contribution in [0.1, 0.15) is 0 Å². The van der Waals surface area contributed by atoms with E-state index in [1.807, 2.05) is 36.2 Å². The van der Waals surface area contributed by atoms with Gasteiger partial charge in [0.05, 0.1) is 5.69 Å². The molecule has 6 nitrogen and oxygen atoms in total. The van der Waals surface area contributed by atoms with E-state index in [9.17, 15) is 10.1 Å². The number of hydrogen-bond donors (Lipinski definition) is 0. The average Bonchev–Trinajstić information content (AvgIpc) is 2.38. The summed E-state index contributed by atoms with van der Waals surface area (Å²) in [6, 6.07) is 7.81. The van der Waals surface area contributed by atoms with Gasteiger partial charge in [0.25, 0.3) is 5.03 Å². The van der Waals surface area contributed by atoms with Crippen LogP contribution in [-0.2, 0) is 0 Å². The van der Waals surface area contributed by atoms with E-state index >= 15 is 0 Å². The SMILES string of the molecule is CN1c2ccccc2Sc2nc([N+](=O)[O-])cnc21. The highest BCUT2D eigenvalue weighted by atomic mass is 32.2. The molecule has 0 saturated carbocycles. The van der Waals surface area contributed by atoms with Crippen LogP contribution in [-0.4, -0.2) is 21.9 Å². The van der Waals surface area contributed by atoms with E-state index in [2.05, 4.69) is 9.97 Å². The first-order chi connectivity index (χ1) is 8.66. The minimum Gasteiger partial charge on any atom is -0.358 e. The number of nitro groups is 1. The van der Waals surface area contributed by atoms with Crippen LogP contribution < -0.4 is 4.90 Å². The van der Waals surface area contributed by atoms with Gasteiger partial charge in [0.1, 0.15) is 6.20 Å². The largest absolute Gasteiger partial charge is 0.383 e. The molecule has 0 radical (unpaired) electrons. The summed E-state index contributed by atoms with van der Waals surface area (Å²) in [6.45, 7) is 0. The first-order valence-corrected chi connectivity index (χ1v) is 6.00. The Bertz CT molecular complexity index is 647. The molecule has 90 valence electrons. The van der Waals surface area contributed by atoms with Crippen molar-refractivity contribution in [3.8, 4) is 0 Å². The molecule has 2 aromatic rings. The van der Waals surface area contributed by atoms with Gasteiger partial charge in [-0.05, 0) is 33.8 Å². The van der Waals surface area contributed by atoms with Crippen molar-refractivity contribution in [1.29, 1.82) is 0 Å². The van der Waals surface area contributed by atoms with E-state index in [-0.39, 0.29) is 5.82 Å². The van der Waals surface area contributed by atoms with Crippen LogP contribution in [0.25, 0.3) is 0 Å². The van der Waals surface area contributed by atoms with Gasteiger partial charge in [-0.25, -0.2) is 4.98 Å². The van der Waals surface area contributed by atoms with Gasteiger partial charge in [-0.3, -0.25) is 0 Å². The second-order valence-electron chi connectivity index (χ2n) is 3.74. The molecular formula is C11H8N4O2S. The van der Waals surface area contributed by atoms with E-state index in [4.69, 9.17) is 0 Å². The maximum absolute atomic E-state index is 10.7. The lowest BCUT2D eigenvalue weighted by atomic mass is 10.3. The molecule has 0 bridgehead atoms. The Morgan fingerprint density at radius 2 is 2.17 bits per heavy atom. The summed E-state index contributed by atoms with van der Waals surface area (Å²) in [4.78, 5) is 21.2. The molecular weight excluding hydrogens is 252 g/mol. The predicted octanol–water partition coefficient (Wildman–Crippen LogP) is 2.62. The zero-order chi connectivity index (χ0) is 12.7.